The van der Waals surface area contributed by atoms with Crippen LogP contribution in [0.5, 0.6) is 0 Å². The zero-order valence-corrected chi connectivity index (χ0v) is 8.91. The van der Waals surface area contributed by atoms with Gasteiger partial charge in [0.2, 0.25) is 0 Å². The van der Waals surface area contributed by atoms with Crippen LogP contribution >= 0.6 is 0 Å². The molecule has 1 N–H and O–H groups in total. The molecule has 1 heterocycles. The molecule has 0 radical (unpaired) electrons. The number of benzene rings is 1. The van der Waals surface area contributed by atoms with E-state index in [2.05, 4.69) is 9.97 Å². The number of carbonyl (C=O) groups is 1. The summed E-state index contributed by atoms with van der Waals surface area (Å²) < 4.78 is 26.5. The highest BCUT2D eigenvalue weighted by Crippen LogP contribution is 2.13. The standard InChI is InChI=1S/C12H10F2N2O/c13-10-2-1-3-11(14)9(10)6-8(17)7-12-15-4-5-16-12/h1-5H,6-7H2,(H,15,16). The summed E-state index contributed by atoms with van der Waals surface area (Å²) in [7, 11) is 0. The quantitative estimate of drug-likeness (QED) is 0.882. The molecule has 0 unspecified atom stereocenters. The van der Waals surface area contributed by atoms with E-state index in [1.807, 2.05) is 0 Å². The Balaban J connectivity index is 2.08. The van der Waals surface area contributed by atoms with Crippen LogP contribution in [0.15, 0.2) is 30.6 Å². The van der Waals surface area contributed by atoms with Gasteiger partial charge in [-0.2, -0.15) is 0 Å². The monoisotopic (exact) mass is 236 g/mol. The van der Waals surface area contributed by atoms with Crippen LogP contribution in [0.2, 0.25) is 0 Å². The summed E-state index contributed by atoms with van der Waals surface area (Å²) in [5.41, 5.74) is -0.191. The lowest BCUT2D eigenvalue weighted by molar-refractivity contribution is -0.118. The van der Waals surface area contributed by atoms with E-state index in [0.29, 0.717) is 5.82 Å². The number of imidazole rings is 1. The van der Waals surface area contributed by atoms with Gasteiger partial charge in [0.25, 0.3) is 0 Å². The van der Waals surface area contributed by atoms with Gasteiger partial charge in [0.05, 0.1) is 6.42 Å². The molecule has 1 aromatic carbocycles. The van der Waals surface area contributed by atoms with Gasteiger partial charge in [-0.1, -0.05) is 6.07 Å². The fourth-order valence-corrected chi connectivity index (χ4v) is 1.54. The number of H-pyrrole nitrogens is 1. The molecule has 1 aromatic heterocycles. The number of aromatic nitrogens is 2. The predicted molar refractivity (Wildman–Crippen MR) is 57.4 cm³/mol. The second-order valence-electron chi connectivity index (χ2n) is 3.63. The number of carbonyl (C=O) groups excluding carboxylic acids is 1. The molecule has 0 aliphatic heterocycles. The number of halogens is 2. The van der Waals surface area contributed by atoms with E-state index in [4.69, 9.17) is 0 Å². The van der Waals surface area contributed by atoms with Crippen molar-refractivity contribution in [1.29, 1.82) is 0 Å². The fraction of sp³-hybridized carbons (Fsp3) is 0.167. The molecule has 0 fully saturated rings. The van der Waals surface area contributed by atoms with Crippen LogP contribution < -0.4 is 0 Å². The van der Waals surface area contributed by atoms with Crippen molar-refractivity contribution in [3.05, 3.63) is 53.6 Å². The predicted octanol–water partition coefficient (Wildman–Crippen LogP) is 2.04. The van der Waals surface area contributed by atoms with Crippen molar-refractivity contribution in [1.82, 2.24) is 9.97 Å². The van der Waals surface area contributed by atoms with Gasteiger partial charge in [0.1, 0.15) is 23.2 Å². The number of hydrogen-bond acceptors (Lipinski definition) is 2. The Kier molecular flexibility index (Phi) is 3.27. The summed E-state index contributed by atoms with van der Waals surface area (Å²) in [5.74, 6) is -1.19. The summed E-state index contributed by atoms with van der Waals surface area (Å²) in [5, 5.41) is 0. The first-order chi connectivity index (χ1) is 8.16. The van der Waals surface area contributed by atoms with Crippen molar-refractivity contribution in [2.45, 2.75) is 12.8 Å². The van der Waals surface area contributed by atoms with Gasteiger partial charge in [0.15, 0.2) is 0 Å². The Morgan fingerprint density at radius 2 is 1.94 bits per heavy atom. The number of nitrogens with one attached hydrogen (secondary N) is 1. The minimum absolute atomic E-state index is 0.0424. The summed E-state index contributed by atoms with van der Waals surface area (Å²) in [6.45, 7) is 0. The molecule has 0 spiro atoms. The molecule has 3 nitrogen and oxygen atoms in total. The van der Waals surface area contributed by atoms with Crippen molar-refractivity contribution in [2.24, 2.45) is 0 Å². The van der Waals surface area contributed by atoms with Gasteiger partial charge >= 0.3 is 0 Å². The lowest BCUT2D eigenvalue weighted by atomic mass is 10.1. The molecule has 5 heteroatoms. The van der Waals surface area contributed by atoms with Crippen LogP contribution in [0.3, 0.4) is 0 Å². The van der Waals surface area contributed by atoms with Crippen LogP contribution in [0.25, 0.3) is 0 Å². The summed E-state index contributed by atoms with van der Waals surface area (Å²) in [6, 6.07) is 3.54. The molecule has 0 aliphatic rings. The highest BCUT2D eigenvalue weighted by molar-refractivity contribution is 5.82. The molecule has 0 saturated heterocycles. The largest absolute Gasteiger partial charge is 0.348 e. The number of ketones is 1. The van der Waals surface area contributed by atoms with Crippen molar-refractivity contribution in [2.75, 3.05) is 0 Å². The third kappa shape index (κ3) is 2.75. The maximum Gasteiger partial charge on any atom is 0.144 e. The number of Topliss-reactive ketones (excluding diaryl/α,β-unsaturated/α-hetero) is 1. The molecule has 0 amide bonds. The fourth-order valence-electron chi connectivity index (χ4n) is 1.54. The molecule has 0 saturated carbocycles. The van der Waals surface area contributed by atoms with E-state index < -0.39 is 11.6 Å². The van der Waals surface area contributed by atoms with Crippen LogP contribution in [0, 0.1) is 11.6 Å². The Morgan fingerprint density at radius 1 is 1.24 bits per heavy atom. The highest BCUT2D eigenvalue weighted by Gasteiger charge is 2.13. The number of nitrogens with zero attached hydrogens (tertiary/aromatic N) is 1. The second kappa shape index (κ2) is 4.86. The molecule has 88 valence electrons. The molecule has 2 aromatic rings. The molecular formula is C12H10F2N2O. The average Bonchev–Trinajstić information content (AvgIpc) is 2.76. The lowest BCUT2D eigenvalue weighted by Crippen LogP contribution is -2.10. The Hall–Kier alpha value is -2.04. The van der Waals surface area contributed by atoms with Gasteiger partial charge < -0.3 is 4.98 Å². The normalized spacial score (nSPS) is 10.5. The molecule has 0 bridgehead atoms. The van der Waals surface area contributed by atoms with Crippen molar-refractivity contribution < 1.29 is 13.6 Å². The van der Waals surface area contributed by atoms with E-state index in [0.717, 1.165) is 12.1 Å². The lowest BCUT2D eigenvalue weighted by Gasteiger charge is -2.03. The van der Waals surface area contributed by atoms with E-state index in [-0.39, 0.29) is 24.2 Å². The minimum atomic E-state index is -0.696. The third-order valence-corrected chi connectivity index (χ3v) is 2.36. The number of rotatable bonds is 4. The van der Waals surface area contributed by atoms with E-state index in [1.54, 1.807) is 6.20 Å². The van der Waals surface area contributed by atoms with Gasteiger partial charge in [0, 0.05) is 24.4 Å². The van der Waals surface area contributed by atoms with E-state index in [9.17, 15) is 13.6 Å². The van der Waals surface area contributed by atoms with E-state index >= 15 is 0 Å². The third-order valence-electron chi connectivity index (χ3n) is 2.36. The topological polar surface area (TPSA) is 45.8 Å². The van der Waals surface area contributed by atoms with Crippen LogP contribution in [-0.2, 0) is 17.6 Å². The van der Waals surface area contributed by atoms with Crippen molar-refractivity contribution >= 4 is 5.78 Å². The van der Waals surface area contributed by atoms with E-state index in [1.165, 1.54) is 12.3 Å². The first-order valence-electron chi connectivity index (χ1n) is 5.09. The molecular weight excluding hydrogens is 226 g/mol. The summed E-state index contributed by atoms with van der Waals surface area (Å²) in [6.07, 6.45) is 2.89. The Labute approximate surface area is 96.5 Å². The zero-order valence-electron chi connectivity index (χ0n) is 8.91. The van der Waals surface area contributed by atoms with Gasteiger partial charge in [-0.25, -0.2) is 13.8 Å². The number of hydrogen-bond donors (Lipinski definition) is 1. The van der Waals surface area contributed by atoms with Gasteiger partial charge in [-0.3, -0.25) is 4.79 Å². The van der Waals surface area contributed by atoms with Crippen LogP contribution in [-0.4, -0.2) is 15.8 Å². The maximum atomic E-state index is 13.3. The highest BCUT2D eigenvalue weighted by atomic mass is 19.1. The smallest absolute Gasteiger partial charge is 0.144 e. The SMILES string of the molecule is O=C(Cc1ncc[nH]1)Cc1c(F)cccc1F. The summed E-state index contributed by atoms with van der Waals surface area (Å²) in [4.78, 5) is 18.2. The van der Waals surface area contributed by atoms with Gasteiger partial charge in [-0.15, -0.1) is 0 Å². The van der Waals surface area contributed by atoms with Gasteiger partial charge in [-0.05, 0) is 12.1 Å². The van der Waals surface area contributed by atoms with Crippen LogP contribution in [0.1, 0.15) is 11.4 Å². The second-order valence-corrected chi connectivity index (χ2v) is 3.63. The molecule has 0 atom stereocenters. The Morgan fingerprint density at radius 3 is 2.53 bits per heavy atom. The molecule has 2 rings (SSSR count). The first-order valence-corrected chi connectivity index (χ1v) is 5.09. The molecule has 17 heavy (non-hydrogen) atoms. The van der Waals surface area contributed by atoms with Crippen LogP contribution in [0.4, 0.5) is 8.78 Å². The maximum absolute atomic E-state index is 13.3. The number of aromatic amines is 1. The molecule has 0 aliphatic carbocycles. The first kappa shape index (κ1) is 11.4. The minimum Gasteiger partial charge on any atom is -0.348 e. The zero-order chi connectivity index (χ0) is 12.3. The Bertz CT molecular complexity index is 503. The van der Waals surface area contributed by atoms with Crippen molar-refractivity contribution in [3.63, 3.8) is 0 Å². The van der Waals surface area contributed by atoms with Crippen molar-refractivity contribution in [3.8, 4) is 0 Å². The summed E-state index contributed by atoms with van der Waals surface area (Å²) >= 11 is 0. The average molecular weight is 236 g/mol.